The van der Waals surface area contributed by atoms with Gasteiger partial charge in [-0.25, -0.2) is 4.98 Å². The second-order valence-electron chi connectivity index (χ2n) is 5.45. The molecule has 2 heterocycles. The first kappa shape index (κ1) is 13.1. The summed E-state index contributed by atoms with van der Waals surface area (Å²) in [4.78, 5) is 4.25. The van der Waals surface area contributed by atoms with Crippen molar-refractivity contribution in [3.8, 4) is 0 Å². The second-order valence-corrected chi connectivity index (χ2v) is 5.45. The van der Waals surface area contributed by atoms with Gasteiger partial charge >= 0.3 is 0 Å². The number of rotatable bonds is 7. The largest absolute Gasteiger partial charge is 0.381 e. The molecule has 0 bridgehead atoms. The standard InChI is InChI=1S/C14H23N3O2/c1(6-18-10-12-2-3-12)5-17-11-16-8-13(17)14-9-15-4-7-19-14/h8,11-12,14-15H,1-7,9-10H2. The molecule has 1 N–H and O–H groups in total. The third-order valence-electron chi connectivity index (χ3n) is 3.74. The Bertz CT molecular complexity index is 384. The summed E-state index contributed by atoms with van der Waals surface area (Å²) in [5, 5.41) is 3.36. The average Bonchev–Trinajstić information content (AvgIpc) is 3.16. The third-order valence-corrected chi connectivity index (χ3v) is 3.74. The zero-order valence-electron chi connectivity index (χ0n) is 11.4. The maximum atomic E-state index is 5.78. The number of morpholine rings is 1. The normalized spacial score (nSPS) is 23.7. The van der Waals surface area contributed by atoms with Crippen molar-refractivity contribution < 1.29 is 9.47 Å². The van der Waals surface area contributed by atoms with E-state index in [0.717, 1.165) is 51.8 Å². The predicted octanol–water partition coefficient (Wildman–Crippen LogP) is 1.36. The van der Waals surface area contributed by atoms with Crippen LogP contribution in [0.3, 0.4) is 0 Å². The van der Waals surface area contributed by atoms with Gasteiger partial charge < -0.3 is 19.4 Å². The molecule has 5 heteroatoms. The SMILES string of the molecule is c1ncn(CCCOCC2CC2)c1C1CNCCO1. The fraction of sp³-hybridized carbons (Fsp3) is 0.786. The van der Waals surface area contributed by atoms with Crippen molar-refractivity contribution >= 4 is 0 Å². The minimum Gasteiger partial charge on any atom is -0.381 e. The number of aromatic nitrogens is 2. The molecule has 106 valence electrons. The molecule has 2 aliphatic rings. The number of nitrogens with one attached hydrogen (secondary N) is 1. The first-order chi connectivity index (χ1) is 9.43. The van der Waals surface area contributed by atoms with Crippen LogP contribution in [-0.4, -0.2) is 42.5 Å². The molecule has 2 fully saturated rings. The molecule has 0 radical (unpaired) electrons. The van der Waals surface area contributed by atoms with E-state index in [0.29, 0.717) is 0 Å². The van der Waals surface area contributed by atoms with E-state index in [-0.39, 0.29) is 6.10 Å². The van der Waals surface area contributed by atoms with Gasteiger partial charge in [-0.2, -0.15) is 0 Å². The Balaban J connectivity index is 1.43. The van der Waals surface area contributed by atoms with E-state index in [1.165, 1.54) is 18.5 Å². The molecule has 0 aromatic carbocycles. The summed E-state index contributed by atoms with van der Waals surface area (Å²) in [6, 6.07) is 0. The van der Waals surface area contributed by atoms with Crippen molar-refractivity contribution in [3.05, 3.63) is 18.2 Å². The predicted molar refractivity (Wildman–Crippen MR) is 71.9 cm³/mol. The van der Waals surface area contributed by atoms with Crippen LogP contribution in [0, 0.1) is 5.92 Å². The Labute approximate surface area is 114 Å². The molecule has 19 heavy (non-hydrogen) atoms. The van der Waals surface area contributed by atoms with Gasteiger partial charge in [0, 0.05) is 32.8 Å². The summed E-state index contributed by atoms with van der Waals surface area (Å²) < 4.78 is 13.6. The molecule has 1 aromatic heterocycles. The summed E-state index contributed by atoms with van der Waals surface area (Å²) in [5.74, 6) is 0.852. The van der Waals surface area contributed by atoms with Crippen molar-refractivity contribution in [2.24, 2.45) is 5.92 Å². The summed E-state index contributed by atoms with van der Waals surface area (Å²) in [6.45, 7) is 5.36. The molecular formula is C14H23N3O2. The van der Waals surface area contributed by atoms with Crippen LogP contribution < -0.4 is 5.32 Å². The number of aryl methyl sites for hydroxylation is 1. The summed E-state index contributed by atoms with van der Waals surface area (Å²) in [5.41, 5.74) is 1.18. The molecular weight excluding hydrogens is 242 g/mol. The lowest BCUT2D eigenvalue weighted by Gasteiger charge is -2.24. The molecule has 1 aliphatic heterocycles. The highest BCUT2D eigenvalue weighted by Gasteiger charge is 2.21. The molecule has 1 saturated heterocycles. The van der Waals surface area contributed by atoms with Crippen LogP contribution >= 0.6 is 0 Å². The maximum absolute atomic E-state index is 5.78. The first-order valence-corrected chi connectivity index (χ1v) is 7.33. The summed E-state index contributed by atoms with van der Waals surface area (Å²) >= 11 is 0. The van der Waals surface area contributed by atoms with E-state index in [1.54, 1.807) is 0 Å². The first-order valence-electron chi connectivity index (χ1n) is 7.33. The van der Waals surface area contributed by atoms with Gasteiger partial charge in [0.2, 0.25) is 0 Å². The topological polar surface area (TPSA) is 48.3 Å². The Morgan fingerprint density at radius 1 is 1.47 bits per heavy atom. The van der Waals surface area contributed by atoms with Crippen LogP contribution in [0.4, 0.5) is 0 Å². The second kappa shape index (κ2) is 6.50. The van der Waals surface area contributed by atoms with Crippen LogP contribution in [0.15, 0.2) is 12.5 Å². The lowest BCUT2D eigenvalue weighted by Crippen LogP contribution is -2.34. The van der Waals surface area contributed by atoms with E-state index in [1.807, 2.05) is 12.5 Å². The number of imidazole rings is 1. The Morgan fingerprint density at radius 3 is 3.21 bits per heavy atom. The van der Waals surface area contributed by atoms with Crippen LogP contribution in [0.25, 0.3) is 0 Å². The minimum atomic E-state index is 0.142. The molecule has 1 aromatic rings. The van der Waals surface area contributed by atoms with Gasteiger partial charge in [0.15, 0.2) is 0 Å². The van der Waals surface area contributed by atoms with Gasteiger partial charge in [-0.05, 0) is 25.2 Å². The Hall–Kier alpha value is -0.910. The highest BCUT2D eigenvalue weighted by Crippen LogP contribution is 2.28. The monoisotopic (exact) mass is 265 g/mol. The molecule has 1 atom stereocenters. The molecule has 5 nitrogen and oxygen atoms in total. The van der Waals surface area contributed by atoms with Gasteiger partial charge in [-0.3, -0.25) is 0 Å². The molecule has 1 unspecified atom stereocenters. The quantitative estimate of drug-likeness (QED) is 0.756. The van der Waals surface area contributed by atoms with Crippen molar-refractivity contribution in [2.45, 2.75) is 31.9 Å². The van der Waals surface area contributed by atoms with Crippen LogP contribution in [-0.2, 0) is 16.0 Å². The van der Waals surface area contributed by atoms with E-state index in [2.05, 4.69) is 14.9 Å². The van der Waals surface area contributed by atoms with Gasteiger partial charge in [-0.15, -0.1) is 0 Å². The van der Waals surface area contributed by atoms with Gasteiger partial charge in [-0.1, -0.05) is 0 Å². The van der Waals surface area contributed by atoms with Gasteiger partial charge in [0.05, 0.1) is 24.8 Å². The fourth-order valence-electron chi connectivity index (χ4n) is 2.41. The van der Waals surface area contributed by atoms with Gasteiger partial charge in [0.25, 0.3) is 0 Å². The summed E-state index contributed by atoms with van der Waals surface area (Å²) in [6.07, 6.45) is 7.71. The smallest absolute Gasteiger partial charge is 0.111 e. The van der Waals surface area contributed by atoms with E-state index in [4.69, 9.17) is 9.47 Å². The molecule has 0 spiro atoms. The molecule has 1 saturated carbocycles. The number of hydrogen-bond acceptors (Lipinski definition) is 4. The number of hydrogen-bond donors (Lipinski definition) is 1. The van der Waals surface area contributed by atoms with Crippen molar-refractivity contribution in [3.63, 3.8) is 0 Å². The number of nitrogens with zero attached hydrogens (tertiary/aromatic N) is 2. The average molecular weight is 265 g/mol. The zero-order chi connectivity index (χ0) is 12.9. The highest BCUT2D eigenvalue weighted by atomic mass is 16.5. The maximum Gasteiger partial charge on any atom is 0.111 e. The minimum absolute atomic E-state index is 0.142. The van der Waals surface area contributed by atoms with Crippen LogP contribution in [0.2, 0.25) is 0 Å². The summed E-state index contributed by atoms with van der Waals surface area (Å²) in [7, 11) is 0. The van der Waals surface area contributed by atoms with Gasteiger partial charge in [0.1, 0.15) is 6.10 Å². The van der Waals surface area contributed by atoms with Crippen LogP contribution in [0.5, 0.6) is 0 Å². The zero-order valence-corrected chi connectivity index (χ0v) is 11.4. The lowest BCUT2D eigenvalue weighted by atomic mass is 10.2. The van der Waals surface area contributed by atoms with E-state index >= 15 is 0 Å². The third kappa shape index (κ3) is 3.78. The van der Waals surface area contributed by atoms with Crippen molar-refractivity contribution in [1.29, 1.82) is 0 Å². The van der Waals surface area contributed by atoms with Crippen LogP contribution in [0.1, 0.15) is 31.1 Å². The molecule has 0 amide bonds. The number of ether oxygens (including phenoxy) is 2. The van der Waals surface area contributed by atoms with E-state index in [9.17, 15) is 0 Å². The highest BCUT2D eigenvalue weighted by molar-refractivity contribution is 5.04. The van der Waals surface area contributed by atoms with E-state index < -0.39 is 0 Å². The molecule has 3 rings (SSSR count). The Kier molecular flexibility index (Phi) is 4.48. The van der Waals surface area contributed by atoms with Crippen molar-refractivity contribution in [2.75, 3.05) is 32.9 Å². The fourth-order valence-corrected chi connectivity index (χ4v) is 2.41. The molecule has 1 aliphatic carbocycles. The Morgan fingerprint density at radius 2 is 2.42 bits per heavy atom. The van der Waals surface area contributed by atoms with Crippen molar-refractivity contribution in [1.82, 2.24) is 14.9 Å². The lowest BCUT2D eigenvalue weighted by molar-refractivity contribution is 0.0224.